The molecule has 3 heterocycles. The van der Waals surface area contributed by atoms with Crippen molar-refractivity contribution in [3.63, 3.8) is 0 Å². The van der Waals surface area contributed by atoms with Gasteiger partial charge in [-0.15, -0.1) is 0 Å². The Kier molecular flexibility index (Phi) is 7.59. The summed E-state index contributed by atoms with van der Waals surface area (Å²) in [5.41, 5.74) is 9.64. The monoisotopic (exact) mass is 475 g/mol. The van der Waals surface area contributed by atoms with Gasteiger partial charge in [-0.05, 0) is 60.2 Å². The molecule has 0 aliphatic carbocycles. The first-order valence-electron chi connectivity index (χ1n) is 12.2. The Morgan fingerprint density at radius 1 is 1.17 bits per heavy atom. The molecule has 0 aliphatic rings. The minimum atomic E-state index is 0.563. The lowest BCUT2D eigenvalue weighted by Crippen LogP contribution is -1.99. The van der Waals surface area contributed by atoms with Crippen molar-refractivity contribution in [2.24, 2.45) is 5.92 Å². The lowest BCUT2D eigenvalue weighted by atomic mass is 9.94. The normalized spacial score (nSPS) is 12.2. The highest BCUT2D eigenvalue weighted by molar-refractivity contribution is 5.93. The maximum absolute atomic E-state index is 4.93. The van der Waals surface area contributed by atoms with E-state index < -0.39 is 0 Å². The summed E-state index contributed by atoms with van der Waals surface area (Å²) >= 11 is 0. The van der Waals surface area contributed by atoms with Crippen LogP contribution in [0.25, 0.3) is 33.4 Å². The molecule has 36 heavy (non-hydrogen) atoms. The van der Waals surface area contributed by atoms with Crippen molar-refractivity contribution in [2.75, 3.05) is 12.4 Å². The summed E-state index contributed by atoms with van der Waals surface area (Å²) in [5.74, 6) is 1.26. The highest BCUT2D eigenvalue weighted by Crippen LogP contribution is 2.33. The van der Waals surface area contributed by atoms with Crippen LogP contribution in [0, 0.1) is 5.92 Å². The van der Waals surface area contributed by atoms with Crippen LogP contribution in [0.5, 0.6) is 0 Å². The number of imidazole rings is 1. The Bertz CT molecular complexity index is 1460. The smallest absolute Gasteiger partial charge is 0.138 e. The molecule has 1 aromatic carbocycles. The first-order valence-corrected chi connectivity index (χ1v) is 12.2. The van der Waals surface area contributed by atoms with E-state index in [4.69, 9.17) is 4.98 Å². The van der Waals surface area contributed by atoms with Gasteiger partial charge in [-0.1, -0.05) is 57.4 Å². The molecule has 4 aromatic rings. The van der Waals surface area contributed by atoms with E-state index in [0.29, 0.717) is 11.7 Å². The molecule has 4 rings (SSSR count). The Hall–Kier alpha value is -4.25. The molecule has 2 N–H and O–H groups in total. The summed E-state index contributed by atoms with van der Waals surface area (Å²) in [4.78, 5) is 17.2. The predicted octanol–water partition coefficient (Wildman–Crippen LogP) is 7.68. The van der Waals surface area contributed by atoms with E-state index in [2.05, 4.69) is 84.5 Å². The SMILES string of the molecule is C=C/C(=C\C(=C/C)c1ccc(NC)c(C(=C)c2nc3c(-c4ccccn4)cncc3[nH]2)c1)CC(C)C. The Balaban J connectivity index is 1.76. The van der Waals surface area contributed by atoms with Gasteiger partial charge in [-0.2, -0.15) is 0 Å². The molecule has 5 nitrogen and oxygen atoms in total. The molecule has 3 aromatic heterocycles. The van der Waals surface area contributed by atoms with Crippen LogP contribution in [-0.4, -0.2) is 27.0 Å². The predicted molar refractivity (Wildman–Crippen MR) is 153 cm³/mol. The lowest BCUT2D eigenvalue weighted by Gasteiger charge is -2.14. The number of hydrogen-bond donors (Lipinski definition) is 2. The van der Waals surface area contributed by atoms with Gasteiger partial charge in [-0.3, -0.25) is 9.97 Å². The van der Waals surface area contributed by atoms with Crippen LogP contribution in [0.3, 0.4) is 0 Å². The van der Waals surface area contributed by atoms with Gasteiger partial charge in [0.1, 0.15) is 11.3 Å². The van der Waals surface area contributed by atoms with E-state index in [1.54, 1.807) is 18.6 Å². The number of pyridine rings is 2. The zero-order chi connectivity index (χ0) is 25.7. The topological polar surface area (TPSA) is 66.5 Å². The third-order valence-corrected chi connectivity index (χ3v) is 6.13. The average Bonchev–Trinajstić information content (AvgIpc) is 3.35. The fourth-order valence-electron chi connectivity index (χ4n) is 4.31. The summed E-state index contributed by atoms with van der Waals surface area (Å²) in [6, 6.07) is 12.2. The number of allylic oxidation sites excluding steroid dienone is 5. The van der Waals surface area contributed by atoms with Crippen LogP contribution in [0.4, 0.5) is 5.69 Å². The van der Waals surface area contributed by atoms with Gasteiger partial charge >= 0.3 is 0 Å². The number of H-pyrrole nitrogens is 1. The van der Waals surface area contributed by atoms with Crippen molar-refractivity contribution in [3.05, 3.63) is 109 Å². The van der Waals surface area contributed by atoms with Crippen LogP contribution in [-0.2, 0) is 0 Å². The van der Waals surface area contributed by atoms with Gasteiger partial charge in [0, 0.05) is 41.8 Å². The summed E-state index contributed by atoms with van der Waals surface area (Å²) in [6.45, 7) is 14.9. The fourth-order valence-corrected chi connectivity index (χ4v) is 4.31. The zero-order valence-electron chi connectivity index (χ0n) is 21.5. The second-order valence-electron chi connectivity index (χ2n) is 9.14. The van der Waals surface area contributed by atoms with Crippen molar-refractivity contribution < 1.29 is 0 Å². The number of aromatic nitrogens is 4. The Morgan fingerprint density at radius 2 is 2.00 bits per heavy atom. The average molecular weight is 476 g/mol. The standard InChI is InChI=1S/C31H33N5/c1-7-22(15-20(3)4)16-23(8-2)24-12-13-27(32-6)25(17-24)21(5)31-35-29-19-33-18-26(30(29)36-31)28-11-9-10-14-34-28/h7-14,16-20,32H,1,5,15H2,2-4,6H3,(H,35,36)/b22-16+,23-8+. The molecule has 0 saturated carbocycles. The molecule has 182 valence electrons. The largest absolute Gasteiger partial charge is 0.388 e. The summed E-state index contributed by atoms with van der Waals surface area (Å²) in [5, 5.41) is 3.30. The van der Waals surface area contributed by atoms with Gasteiger partial charge in [0.2, 0.25) is 0 Å². The molecule has 0 bridgehead atoms. The van der Waals surface area contributed by atoms with Gasteiger partial charge in [0.15, 0.2) is 0 Å². The molecule has 0 aliphatic heterocycles. The van der Waals surface area contributed by atoms with Crippen LogP contribution in [0.2, 0.25) is 0 Å². The van der Waals surface area contributed by atoms with Crippen molar-refractivity contribution >= 4 is 27.9 Å². The second kappa shape index (κ2) is 11.0. The summed E-state index contributed by atoms with van der Waals surface area (Å²) in [6.07, 6.45) is 12.7. The molecule has 0 saturated heterocycles. The van der Waals surface area contributed by atoms with E-state index >= 15 is 0 Å². The number of rotatable bonds is 9. The molecular formula is C31H33N5. The quantitative estimate of drug-likeness (QED) is 0.244. The highest BCUT2D eigenvalue weighted by atomic mass is 14.9. The van der Waals surface area contributed by atoms with Gasteiger partial charge in [0.25, 0.3) is 0 Å². The van der Waals surface area contributed by atoms with Gasteiger partial charge in [0.05, 0.1) is 17.4 Å². The number of nitrogens with zero attached hydrogens (tertiary/aromatic N) is 3. The van der Waals surface area contributed by atoms with E-state index in [0.717, 1.165) is 56.7 Å². The second-order valence-corrected chi connectivity index (χ2v) is 9.14. The maximum Gasteiger partial charge on any atom is 0.138 e. The molecular weight excluding hydrogens is 442 g/mol. The number of anilines is 1. The summed E-state index contributed by atoms with van der Waals surface area (Å²) in [7, 11) is 1.92. The maximum atomic E-state index is 4.93. The summed E-state index contributed by atoms with van der Waals surface area (Å²) < 4.78 is 0. The highest BCUT2D eigenvalue weighted by Gasteiger charge is 2.16. The van der Waals surface area contributed by atoms with Crippen LogP contribution >= 0.6 is 0 Å². The lowest BCUT2D eigenvalue weighted by molar-refractivity contribution is 0.650. The first kappa shape index (κ1) is 24.9. The molecule has 0 atom stereocenters. The molecule has 0 unspecified atom stereocenters. The molecule has 5 heteroatoms. The van der Waals surface area contributed by atoms with E-state index in [1.807, 2.05) is 31.3 Å². The number of nitrogens with one attached hydrogen (secondary N) is 2. The van der Waals surface area contributed by atoms with E-state index in [-0.39, 0.29) is 0 Å². The molecule has 0 radical (unpaired) electrons. The fraction of sp³-hybridized carbons (Fsp3) is 0.194. The van der Waals surface area contributed by atoms with Gasteiger partial charge in [-0.25, -0.2) is 4.98 Å². The number of aromatic amines is 1. The molecule has 0 spiro atoms. The van der Waals surface area contributed by atoms with Crippen LogP contribution in [0.1, 0.15) is 44.1 Å². The number of fused-ring (bicyclic) bond motifs is 1. The zero-order valence-corrected chi connectivity index (χ0v) is 21.5. The van der Waals surface area contributed by atoms with Crippen molar-refractivity contribution in [1.29, 1.82) is 0 Å². The van der Waals surface area contributed by atoms with Gasteiger partial charge < -0.3 is 10.3 Å². The van der Waals surface area contributed by atoms with Crippen LogP contribution < -0.4 is 5.32 Å². The van der Waals surface area contributed by atoms with E-state index in [1.165, 1.54) is 5.57 Å². The minimum Gasteiger partial charge on any atom is -0.388 e. The van der Waals surface area contributed by atoms with E-state index in [9.17, 15) is 0 Å². The molecule has 0 amide bonds. The van der Waals surface area contributed by atoms with Crippen molar-refractivity contribution in [2.45, 2.75) is 27.2 Å². The van der Waals surface area contributed by atoms with Crippen LogP contribution in [0.15, 0.2) is 91.9 Å². The Labute approximate surface area is 213 Å². The first-order chi connectivity index (χ1) is 17.4. The third kappa shape index (κ3) is 5.20. The molecule has 0 fully saturated rings. The number of hydrogen-bond acceptors (Lipinski definition) is 4. The van der Waals surface area contributed by atoms with Crippen molar-refractivity contribution in [1.82, 2.24) is 19.9 Å². The third-order valence-electron chi connectivity index (χ3n) is 6.13. The van der Waals surface area contributed by atoms with Crippen molar-refractivity contribution in [3.8, 4) is 11.3 Å². The number of benzene rings is 1. The minimum absolute atomic E-state index is 0.563. The Morgan fingerprint density at radius 3 is 2.67 bits per heavy atom.